The molecule has 0 radical (unpaired) electrons. The lowest BCUT2D eigenvalue weighted by molar-refractivity contribution is -0.135. The van der Waals surface area contributed by atoms with Gasteiger partial charge in [-0.15, -0.1) is 0 Å². The molecule has 0 aliphatic carbocycles. The zero-order chi connectivity index (χ0) is 19.6. The van der Waals surface area contributed by atoms with Crippen LogP contribution in [0.4, 0.5) is 0 Å². The molecule has 0 saturated carbocycles. The fourth-order valence-corrected chi connectivity index (χ4v) is 3.29. The van der Waals surface area contributed by atoms with E-state index in [2.05, 4.69) is 25.1 Å². The van der Waals surface area contributed by atoms with Gasteiger partial charge in [-0.25, -0.2) is 19.9 Å². The number of nitrogens with one attached hydrogen (secondary N) is 1. The predicted molar refractivity (Wildman–Crippen MR) is 104 cm³/mol. The maximum absolute atomic E-state index is 12.6. The number of nitrogens with zero attached hydrogens (tertiary/aromatic N) is 7. The van der Waals surface area contributed by atoms with Crippen molar-refractivity contribution in [2.24, 2.45) is 0 Å². The molecule has 3 aromatic heterocycles. The van der Waals surface area contributed by atoms with E-state index in [1.54, 1.807) is 22.0 Å². The number of rotatable bonds is 4. The summed E-state index contributed by atoms with van der Waals surface area (Å²) in [6, 6.07) is 7.79. The average Bonchev–Trinajstić information content (AvgIpc) is 3.45. The molecule has 1 aliphatic heterocycles. The van der Waals surface area contributed by atoms with E-state index in [-0.39, 0.29) is 12.5 Å². The van der Waals surface area contributed by atoms with Crippen molar-refractivity contribution < 1.29 is 9.53 Å². The second-order valence-electron chi connectivity index (χ2n) is 6.68. The fourth-order valence-electron chi connectivity index (χ4n) is 3.29. The van der Waals surface area contributed by atoms with E-state index in [9.17, 15) is 4.79 Å². The number of amides is 1. The number of carbonyl (C=O) groups excluding carboxylic acids is 1. The predicted octanol–water partition coefficient (Wildman–Crippen LogP) is 1.14. The van der Waals surface area contributed by atoms with Crippen molar-refractivity contribution in [1.82, 2.24) is 39.6 Å². The molecule has 5 rings (SSSR count). The van der Waals surface area contributed by atoms with Crippen LogP contribution < -0.4 is 0 Å². The molecule has 0 atom stereocenters. The van der Waals surface area contributed by atoms with Crippen molar-refractivity contribution in [2.45, 2.75) is 6.54 Å². The largest absolute Gasteiger partial charge is 0.378 e. The van der Waals surface area contributed by atoms with E-state index >= 15 is 0 Å². The van der Waals surface area contributed by atoms with Crippen LogP contribution in [0.1, 0.15) is 0 Å². The lowest BCUT2D eigenvalue weighted by Gasteiger charge is -2.26. The van der Waals surface area contributed by atoms with E-state index in [1.165, 1.54) is 6.33 Å². The van der Waals surface area contributed by atoms with Gasteiger partial charge < -0.3 is 14.2 Å². The lowest BCUT2D eigenvalue weighted by atomic mass is 10.1. The van der Waals surface area contributed by atoms with Crippen LogP contribution in [0.2, 0.25) is 0 Å². The van der Waals surface area contributed by atoms with Crippen molar-refractivity contribution in [3.8, 4) is 22.6 Å². The Balaban J connectivity index is 1.41. The van der Waals surface area contributed by atoms with Gasteiger partial charge in [-0.3, -0.25) is 9.89 Å². The molecule has 29 heavy (non-hydrogen) atoms. The Morgan fingerprint density at radius 2 is 1.86 bits per heavy atom. The molecule has 146 valence electrons. The molecule has 1 fully saturated rings. The van der Waals surface area contributed by atoms with Crippen molar-refractivity contribution in [1.29, 1.82) is 0 Å². The van der Waals surface area contributed by atoms with Crippen molar-refractivity contribution in [3.63, 3.8) is 0 Å². The zero-order valence-electron chi connectivity index (χ0n) is 15.5. The van der Waals surface area contributed by atoms with Gasteiger partial charge in [-0.2, -0.15) is 5.10 Å². The number of carbonyl (C=O) groups is 1. The third-order valence-electron chi connectivity index (χ3n) is 4.87. The highest BCUT2D eigenvalue weighted by atomic mass is 16.5. The van der Waals surface area contributed by atoms with Crippen LogP contribution in [-0.4, -0.2) is 71.8 Å². The monoisotopic (exact) mass is 390 g/mol. The van der Waals surface area contributed by atoms with Gasteiger partial charge in [-0.05, 0) is 0 Å². The minimum absolute atomic E-state index is 0.0243. The van der Waals surface area contributed by atoms with E-state index in [1.807, 2.05) is 24.3 Å². The summed E-state index contributed by atoms with van der Waals surface area (Å²) in [6.45, 7) is 2.55. The number of hydrogen-bond donors (Lipinski definition) is 1. The van der Waals surface area contributed by atoms with Gasteiger partial charge in [0, 0.05) is 24.2 Å². The number of benzene rings is 1. The molecule has 0 spiro atoms. The Hall–Kier alpha value is -3.66. The summed E-state index contributed by atoms with van der Waals surface area (Å²) >= 11 is 0. The first-order chi connectivity index (χ1) is 14.3. The van der Waals surface area contributed by atoms with Gasteiger partial charge in [0.05, 0.1) is 31.4 Å². The molecule has 1 N–H and O–H groups in total. The van der Waals surface area contributed by atoms with Gasteiger partial charge in [0.25, 0.3) is 0 Å². The number of aromatic nitrogens is 7. The standard InChI is InChI=1S/C19H18N8O2/c28-16(26-5-7-29-8-6-26)10-27-12-22-18-19(27)24-15(9-20-18)13-1-3-14(4-2-13)17-21-11-23-25-17/h1-4,9,11-12H,5-8,10H2,(H,21,23,25). The number of ether oxygens (including phenoxy) is 1. The Morgan fingerprint density at radius 1 is 1.07 bits per heavy atom. The normalized spacial score (nSPS) is 14.4. The summed E-state index contributed by atoms with van der Waals surface area (Å²) in [5.74, 6) is 0.731. The number of morpholine rings is 1. The van der Waals surface area contributed by atoms with Crippen molar-refractivity contribution in [3.05, 3.63) is 43.1 Å². The van der Waals surface area contributed by atoms with Crippen LogP contribution in [0.5, 0.6) is 0 Å². The van der Waals surface area contributed by atoms with Crippen LogP contribution in [0.15, 0.2) is 43.1 Å². The third-order valence-corrected chi connectivity index (χ3v) is 4.87. The second-order valence-corrected chi connectivity index (χ2v) is 6.68. The summed E-state index contributed by atoms with van der Waals surface area (Å²) in [4.78, 5) is 31.9. The zero-order valence-corrected chi connectivity index (χ0v) is 15.5. The maximum atomic E-state index is 12.6. The number of hydrogen-bond acceptors (Lipinski definition) is 7. The van der Waals surface area contributed by atoms with Gasteiger partial charge in [-0.1, -0.05) is 24.3 Å². The lowest BCUT2D eigenvalue weighted by Crippen LogP contribution is -2.42. The first kappa shape index (κ1) is 17.4. The van der Waals surface area contributed by atoms with Crippen LogP contribution in [0, 0.1) is 0 Å². The number of aromatic amines is 1. The number of imidazole rings is 1. The van der Waals surface area contributed by atoms with Gasteiger partial charge >= 0.3 is 0 Å². The first-order valence-corrected chi connectivity index (χ1v) is 9.27. The number of H-pyrrole nitrogens is 1. The Labute approximate surface area is 165 Å². The molecule has 4 aromatic rings. The van der Waals surface area contributed by atoms with Crippen LogP contribution >= 0.6 is 0 Å². The van der Waals surface area contributed by atoms with Crippen molar-refractivity contribution >= 4 is 17.2 Å². The van der Waals surface area contributed by atoms with Crippen molar-refractivity contribution in [2.75, 3.05) is 26.3 Å². The summed E-state index contributed by atoms with van der Waals surface area (Å²) in [5.41, 5.74) is 3.66. The second kappa shape index (κ2) is 7.40. The highest BCUT2D eigenvalue weighted by Crippen LogP contribution is 2.22. The van der Waals surface area contributed by atoms with Crippen LogP contribution in [-0.2, 0) is 16.1 Å². The molecule has 0 bridgehead atoms. The molecule has 10 heteroatoms. The van der Waals surface area contributed by atoms with Crippen LogP contribution in [0.3, 0.4) is 0 Å². The summed E-state index contributed by atoms with van der Waals surface area (Å²) in [6.07, 6.45) is 4.77. The van der Waals surface area contributed by atoms with E-state index in [0.717, 1.165) is 11.1 Å². The van der Waals surface area contributed by atoms with Crippen LogP contribution in [0.25, 0.3) is 33.9 Å². The Kier molecular flexibility index (Phi) is 4.45. The molecule has 0 unspecified atom stereocenters. The van der Waals surface area contributed by atoms with Gasteiger partial charge in [0.1, 0.15) is 12.9 Å². The Bertz CT molecular complexity index is 1130. The molecular formula is C19H18N8O2. The molecule has 4 heterocycles. The smallest absolute Gasteiger partial charge is 0.242 e. The van der Waals surface area contributed by atoms with E-state index in [0.29, 0.717) is 49.1 Å². The molecule has 1 amide bonds. The quantitative estimate of drug-likeness (QED) is 0.555. The Morgan fingerprint density at radius 3 is 2.62 bits per heavy atom. The van der Waals surface area contributed by atoms with E-state index in [4.69, 9.17) is 9.72 Å². The third kappa shape index (κ3) is 3.45. The van der Waals surface area contributed by atoms with Gasteiger partial charge in [0.15, 0.2) is 17.1 Å². The van der Waals surface area contributed by atoms with E-state index < -0.39 is 0 Å². The highest BCUT2D eigenvalue weighted by molar-refractivity contribution is 5.79. The average molecular weight is 390 g/mol. The van der Waals surface area contributed by atoms with Gasteiger partial charge in [0.2, 0.25) is 5.91 Å². The highest BCUT2D eigenvalue weighted by Gasteiger charge is 2.19. The summed E-state index contributed by atoms with van der Waals surface area (Å²) < 4.78 is 7.05. The number of fused-ring (bicyclic) bond motifs is 1. The molecule has 10 nitrogen and oxygen atoms in total. The molecule has 1 saturated heterocycles. The molecule has 1 aliphatic rings. The molecular weight excluding hydrogens is 372 g/mol. The summed E-state index contributed by atoms with van der Waals surface area (Å²) in [7, 11) is 0. The minimum atomic E-state index is 0.0243. The SMILES string of the molecule is O=C(Cn1cnc2ncc(-c3ccc(-c4ncn[nH]4)cc3)nc21)N1CCOCC1. The fraction of sp³-hybridized carbons (Fsp3) is 0.263. The summed E-state index contributed by atoms with van der Waals surface area (Å²) in [5, 5.41) is 6.71. The first-order valence-electron chi connectivity index (χ1n) is 9.27. The minimum Gasteiger partial charge on any atom is -0.378 e. The topological polar surface area (TPSA) is 115 Å². The maximum Gasteiger partial charge on any atom is 0.242 e. The molecule has 1 aromatic carbocycles.